The molecule has 0 saturated carbocycles. The van der Waals surface area contributed by atoms with E-state index < -0.39 is 0 Å². The van der Waals surface area contributed by atoms with Crippen molar-refractivity contribution >= 4 is 51.8 Å². The van der Waals surface area contributed by atoms with Gasteiger partial charge in [0.15, 0.2) is 5.82 Å². The van der Waals surface area contributed by atoms with Gasteiger partial charge in [0.05, 0.1) is 61.4 Å². The summed E-state index contributed by atoms with van der Waals surface area (Å²) in [6.45, 7) is 5.75. The number of hydrogen-bond acceptors (Lipinski definition) is 10. The molecule has 13 heteroatoms. The Balaban J connectivity index is 1.58. The molecule has 0 radical (unpaired) electrons. The molecular formula is C28H32Cl2N6O5. The minimum Gasteiger partial charge on any atom is -0.495 e. The molecule has 41 heavy (non-hydrogen) atoms. The molecule has 4 heterocycles. The number of anilines is 2. The Morgan fingerprint density at radius 3 is 2.39 bits per heavy atom. The average molecular weight is 604 g/mol. The first kappa shape index (κ1) is 29.1. The number of rotatable bonds is 9. The van der Waals surface area contributed by atoms with Gasteiger partial charge in [-0.05, 0) is 25.0 Å². The molecule has 2 atom stereocenters. The van der Waals surface area contributed by atoms with Crippen LogP contribution in [0.15, 0.2) is 31.0 Å². The highest BCUT2D eigenvalue weighted by atomic mass is 35.5. The first-order valence-electron chi connectivity index (χ1n) is 13.2. The van der Waals surface area contributed by atoms with Crippen molar-refractivity contribution in [2.24, 2.45) is 0 Å². The van der Waals surface area contributed by atoms with E-state index in [0.29, 0.717) is 63.3 Å². The van der Waals surface area contributed by atoms with Gasteiger partial charge in [0, 0.05) is 43.4 Å². The van der Waals surface area contributed by atoms with E-state index in [1.807, 2.05) is 6.07 Å². The number of ether oxygens (including phenoxy) is 4. The predicted octanol–water partition coefficient (Wildman–Crippen LogP) is 4.11. The van der Waals surface area contributed by atoms with E-state index in [9.17, 15) is 4.79 Å². The highest BCUT2D eigenvalue weighted by Crippen LogP contribution is 2.46. The number of carbonyl (C=O) groups is 1. The molecule has 2 aromatic heterocycles. The highest BCUT2D eigenvalue weighted by Gasteiger charge is 2.30. The molecule has 0 spiro atoms. The summed E-state index contributed by atoms with van der Waals surface area (Å²) in [5, 5.41) is 7.59. The van der Waals surface area contributed by atoms with Crippen LogP contribution in [-0.2, 0) is 14.3 Å². The Labute approximate surface area is 248 Å². The largest absolute Gasteiger partial charge is 0.495 e. The average Bonchev–Trinajstić information content (AvgIpc) is 3.43. The first-order valence-corrected chi connectivity index (χ1v) is 14.0. The van der Waals surface area contributed by atoms with E-state index in [-0.39, 0.29) is 24.1 Å². The van der Waals surface area contributed by atoms with Crippen LogP contribution in [0.5, 0.6) is 11.5 Å². The second kappa shape index (κ2) is 12.6. The maximum absolute atomic E-state index is 11.9. The second-order valence-corrected chi connectivity index (χ2v) is 10.5. The lowest BCUT2D eigenvalue weighted by Gasteiger charge is -2.32. The van der Waals surface area contributed by atoms with Gasteiger partial charge in [0.25, 0.3) is 0 Å². The summed E-state index contributed by atoms with van der Waals surface area (Å²) in [7, 11) is 4.79. The quantitative estimate of drug-likeness (QED) is 0.346. The van der Waals surface area contributed by atoms with Crippen LogP contribution in [0.1, 0.15) is 12.8 Å². The van der Waals surface area contributed by atoms with Crippen LogP contribution in [0.25, 0.3) is 22.2 Å². The Morgan fingerprint density at radius 1 is 1.07 bits per heavy atom. The number of halogens is 2. The van der Waals surface area contributed by atoms with Crippen molar-refractivity contribution in [3.05, 3.63) is 41.0 Å². The SMILES string of the molecule is C=CC(=O)NC1COCC1Nc1ncc2cc(-c3c(Cl)c(OC)cc(OC)c3Cl)nc(N3CCC(OC)CC3)c2n1. The highest BCUT2D eigenvalue weighted by molar-refractivity contribution is 6.41. The van der Waals surface area contributed by atoms with Crippen LogP contribution in [0.2, 0.25) is 10.0 Å². The van der Waals surface area contributed by atoms with Gasteiger partial charge in [-0.1, -0.05) is 29.8 Å². The third-order valence-electron chi connectivity index (χ3n) is 7.36. The van der Waals surface area contributed by atoms with E-state index in [4.69, 9.17) is 52.1 Å². The van der Waals surface area contributed by atoms with Gasteiger partial charge >= 0.3 is 0 Å². The zero-order valence-electron chi connectivity index (χ0n) is 23.1. The molecule has 11 nitrogen and oxygen atoms in total. The summed E-state index contributed by atoms with van der Waals surface area (Å²) < 4.78 is 22.1. The molecule has 2 aliphatic heterocycles. The summed E-state index contributed by atoms with van der Waals surface area (Å²) in [4.78, 5) is 28.6. The Morgan fingerprint density at radius 2 is 1.76 bits per heavy atom. The van der Waals surface area contributed by atoms with Crippen molar-refractivity contribution in [3.8, 4) is 22.8 Å². The summed E-state index contributed by atoms with van der Waals surface area (Å²) in [5.74, 6) is 1.63. The van der Waals surface area contributed by atoms with E-state index in [0.717, 1.165) is 31.3 Å². The molecule has 218 valence electrons. The van der Waals surface area contributed by atoms with Crippen molar-refractivity contribution in [2.45, 2.75) is 31.0 Å². The molecule has 1 amide bonds. The molecule has 1 aromatic carbocycles. The molecule has 5 rings (SSSR count). The van der Waals surface area contributed by atoms with Crippen molar-refractivity contribution in [1.29, 1.82) is 0 Å². The van der Waals surface area contributed by atoms with Gasteiger partial charge in [0.1, 0.15) is 17.0 Å². The summed E-state index contributed by atoms with van der Waals surface area (Å²) in [6.07, 6.45) is 4.84. The molecule has 2 unspecified atom stereocenters. The van der Waals surface area contributed by atoms with Crippen LogP contribution in [0.3, 0.4) is 0 Å². The zero-order valence-corrected chi connectivity index (χ0v) is 24.6. The maximum atomic E-state index is 11.9. The summed E-state index contributed by atoms with van der Waals surface area (Å²) in [5.41, 5.74) is 1.69. The van der Waals surface area contributed by atoms with Gasteiger partial charge in [-0.2, -0.15) is 0 Å². The third kappa shape index (κ3) is 5.99. The van der Waals surface area contributed by atoms with E-state index >= 15 is 0 Å². The molecule has 2 N–H and O–H groups in total. The standard InChI is InChI=1S/C28H32Cl2N6O5/c1-5-22(37)32-18-13-41-14-19(18)34-28-31-12-15-10-17(23-24(29)20(39-3)11-21(40-4)25(23)30)33-27(26(15)35-28)36-8-6-16(38-2)7-9-36/h5,10-12,16,18-19H,1,6-9,13-14H2,2-4H3,(H,32,37)(H,31,34,35). The third-order valence-corrected chi connectivity index (χ3v) is 8.11. The van der Waals surface area contributed by atoms with Crippen LogP contribution in [-0.4, -0.2) is 86.7 Å². The molecule has 0 aliphatic carbocycles. The number of hydrogen-bond donors (Lipinski definition) is 2. The van der Waals surface area contributed by atoms with Crippen molar-refractivity contribution in [2.75, 3.05) is 57.8 Å². The number of nitrogens with zero attached hydrogens (tertiary/aromatic N) is 4. The Hall–Kier alpha value is -3.38. The van der Waals surface area contributed by atoms with E-state index in [1.165, 1.54) is 20.3 Å². The second-order valence-electron chi connectivity index (χ2n) is 9.78. The minimum atomic E-state index is -0.267. The van der Waals surface area contributed by atoms with Gasteiger partial charge < -0.3 is 34.5 Å². The number of nitrogens with one attached hydrogen (secondary N) is 2. The molecule has 2 fully saturated rings. The monoisotopic (exact) mass is 602 g/mol. The van der Waals surface area contributed by atoms with Gasteiger partial charge in [-0.25, -0.2) is 15.0 Å². The molecule has 3 aromatic rings. The number of carbonyl (C=O) groups excluding carboxylic acids is 1. The van der Waals surface area contributed by atoms with Gasteiger partial charge in [-0.15, -0.1) is 0 Å². The number of benzene rings is 1. The normalized spacial score (nSPS) is 19.3. The molecular weight excluding hydrogens is 571 g/mol. The number of fused-ring (bicyclic) bond motifs is 1. The zero-order chi connectivity index (χ0) is 29.1. The van der Waals surface area contributed by atoms with Gasteiger partial charge in [-0.3, -0.25) is 4.79 Å². The van der Waals surface area contributed by atoms with Gasteiger partial charge in [0.2, 0.25) is 11.9 Å². The van der Waals surface area contributed by atoms with E-state index in [1.54, 1.807) is 19.4 Å². The topological polar surface area (TPSA) is 120 Å². The smallest absolute Gasteiger partial charge is 0.243 e. The summed E-state index contributed by atoms with van der Waals surface area (Å²) in [6, 6.07) is 3.03. The molecule has 2 aliphatic rings. The Kier molecular flexibility index (Phi) is 8.98. The van der Waals surface area contributed by atoms with Crippen LogP contribution >= 0.6 is 23.2 Å². The predicted molar refractivity (Wildman–Crippen MR) is 158 cm³/mol. The fourth-order valence-electron chi connectivity index (χ4n) is 5.10. The van der Waals surface area contributed by atoms with E-state index in [2.05, 4.69) is 27.1 Å². The molecule has 2 saturated heterocycles. The number of amides is 1. The number of aromatic nitrogens is 3. The lowest BCUT2D eigenvalue weighted by Crippen LogP contribution is -2.45. The first-order chi connectivity index (χ1) is 19.9. The molecule has 0 bridgehead atoms. The lowest BCUT2D eigenvalue weighted by atomic mass is 10.1. The fraction of sp³-hybridized carbons (Fsp3) is 0.429. The summed E-state index contributed by atoms with van der Waals surface area (Å²) >= 11 is 13.5. The van der Waals surface area contributed by atoms with Crippen molar-refractivity contribution in [1.82, 2.24) is 20.3 Å². The van der Waals surface area contributed by atoms with Crippen molar-refractivity contribution in [3.63, 3.8) is 0 Å². The minimum absolute atomic E-state index is 0.184. The van der Waals surface area contributed by atoms with Crippen LogP contribution < -0.4 is 25.0 Å². The number of piperidine rings is 1. The fourth-order valence-corrected chi connectivity index (χ4v) is 5.80. The lowest BCUT2D eigenvalue weighted by molar-refractivity contribution is -0.117. The maximum Gasteiger partial charge on any atom is 0.243 e. The number of methoxy groups -OCH3 is 3. The Bertz CT molecular complexity index is 1420. The van der Waals surface area contributed by atoms with Crippen LogP contribution in [0, 0.1) is 0 Å². The number of pyridine rings is 1. The van der Waals surface area contributed by atoms with Crippen LogP contribution in [0.4, 0.5) is 11.8 Å². The van der Waals surface area contributed by atoms with Crippen molar-refractivity contribution < 1.29 is 23.7 Å².